The van der Waals surface area contributed by atoms with Crippen molar-refractivity contribution in [3.63, 3.8) is 0 Å². The van der Waals surface area contributed by atoms with Gasteiger partial charge in [-0.15, -0.1) is 0 Å². The summed E-state index contributed by atoms with van der Waals surface area (Å²) in [6.45, 7) is 6.89. The van der Waals surface area contributed by atoms with E-state index in [4.69, 9.17) is 4.74 Å². The molecule has 3 aromatic rings. The van der Waals surface area contributed by atoms with Crippen molar-refractivity contribution < 1.29 is 14.6 Å². The molecular weight excluding hydrogens is 426 g/mol. The lowest BCUT2D eigenvalue weighted by molar-refractivity contribution is 0.0758. The van der Waals surface area contributed by atoms with Crippen LogP contribution in [0.15, 0.2) is 48.7 Å². The average Bonchev–Trinajstić information content (AvgIpc) is 2.94. The minimum Gasteiger partial charge on any atom is -0.508 e. The molecular formula is C28H33N3O3. The van der Waals surface area contributed by atoms with Gasteiger partial charge in [0.05, 0.1) is 17.4 Å². The molecule has 0 amide bonds. The highest BCUT2D eigenvalue weighted by Crippen LogP contribution is 2.35. The summed E-state index contributed by atoms with van der Waals surface area (Å²) in [6.07, 6.45) is 6.55. The normalized spacial score (nSPS) is 12.6. The number of rotatable bonds is 9. The number of aromatic nitrogens is 1. The first kappa shape index (κ1) is 23.8. The summed E-state index contributed by atoms with van der Waals surface area (Å²) in [5, 5.41) is 16.6. The number of carbonyl (C=O) groups is 1. The molecule has 0 spiro atoms. The molecule has 0 radical (unpaired) electrons. The van der Waals surface area contributed by atoms with Gasteiger partial charge >= 0.3 is 0 Å². The van der Waals surface area contributed by atoms with Gasteiger partial charge in [-0.05, 0) is 74.9 Å². The maximum atomic E-state index is 13.3. The monoisotopic (exact) mass is 459 g/mol. The molecule has 4 rings (SSSR count). The van der Waals surface area contributed by atoms with Gasteiger partial charge in [-0.1, -0.05) is 24.6 Å². The first-order valence-corrected chi connectivity index (χ1v) is 12.0. The number of ketones is 1. The number of carbonyl (C=O) groups excluding carboxylic acids is 1. The fraction of sp³-hybridized carbons (Fsp3) is 0.357. The van der Waals surface area contributed by atoms with Crippen LogP contribution in [-0.4, -0.2) is 28.6 Å². The molecule has 0 saturated heterocycles. The zero-order valence-electron chi connectivity index (χ0n) is 20.1. The van der Waals surface area contributed by atoms with Crippen LogP contribution in [0.3, 0.4) is 0 Å². The third-order valence-corrected chi connectivity index (χ3v) is 6.06. The van der Waals surface area contributed by atoms with Crippen molar-refractivity contribution >= 4 is 28.7 Å². The van der Waals surface area contributed by atoms with Gasteiger partial charge in [-0.25, -0.2) is 4.98 Å². The number of nitrogens with one attached hydrogen (secondary N) is 2. The van der Waals surface area contributed by atoms with Gasteiger partial charge in [0.25, 0.3) is 0 Å². The average molecular weight is 460 g/mol. The lowest BCUT2D eigenvalue weighted by Gasteiger charge is -2.15. The number of aryl methyl sites for hydroxylation is 2. The van der Waals surface area contributed by atoms with Crippen molar-refractivity contribution in [1.29, 1.82) is 0 Å². The quantitative estimate of drug-likeness (QED) is 0.319. The predicted octanol–water partition coefficient (Wildman–Crippen LogP) is 6.46. The topological polar surface area (TPSA) is 83.5 Å². The highest BCUT2D eigenvalue weighted by Gasteiger charge is 2.24. The molecule has 0 unspecified atom stereocenters. The summed E-state index contributed by atoms with van der Waals surface area (Å²) in [5.74, 6) is 0.729. The minimum absolute atomic E-state index is 0.0117. The van der Waals surface area contributed by atoms with E-state index in [-0.39, 0.29) is 17.6 Å². The molecule has 2 heterocycles. The number of nitrogens with zero attached hydrogens (tertiary/aromatic N) is 1. The number of phenolic OH excluding ortho intramolecular Hbond substituents is 1. The molecule has 0 bridgehead atoms. The van der Waals surface area contributed by atoms with Gasteiger partial charge in [0.15, 0.2) is 5.78 Å². The summed E-state index contributed by atoms with van der Waals surface area (Å²) in [4.78, 5) is 17.8. The molecule has 2 aromatic carbocycles. The molecule has 1 aliphatic rings. The van der Waals surface area contributed by atoms with E-state index in [0.717, 1.165) is 54.8 Å². The number of hydrogen-bond acceptors (Lipinski definition) is 6. The van der Waals surface area contributed by atoms with Gasteiger partial charge in [0.1, 0.15) is 11.6 Å². The van der Waals surface area contributed by atoms with E-state index >= 15 is 0 Å². The Bertz CT molecular complexity index is 1170. The fourth-order valence-electron chi connectivity index (χ4n) is 4.22. The first-order chi connectivity index (χ1) is 16.4. The second-order valence-corrected chi connectivity index (χ2v) is 9.15. The zero-order chi connectivity index (χ0) is 24.1. The van der Waals surface area contributed by atoms with Crippen LogP contribution in [0.25, 0.3) is 0 Å². The number of aromatic hydroxyl groups is 1. The van der Waals surface area contributed by atoms with Crippen LogP contribution in [0, 0.1) is 6.92 Å². The maximum absolute atomic E-state index is 13.3. The van der Waals surface area contributed by atoms with Crippen LogP contribution in [0.2, 0.25) is 0 Å². The number of hydrogen-bond donors (Lipinski definition) is 3. The highest BCUT2D eigenvalue weighted by atomic mass is 16.5. The van der Waals surface area contributed by atoms with Crippen molar-refractivity contribution in [2.45, 2.75) is 59.0 Å². The van der Waals surface area contributed by atoms with E-state index in [0.29, 0.717) is 23.5 Å². The van der Waals surface area contributed by atoms with E-state index in [1.807, 2.05) is 13.0 Å². The number of pyridine rings is 1. The molecule has 3 N–H and O–H groups in total. The van der Waals surface area contributed by atoms with E-state index in [1.165, 1.54) is 5.56 Å². The molecule has 6 nitrogen and oxygen atoms in total. The van der Waals surface area contributed by atoms with Crippen molar-refractivity contribution in [2.75, 3.05) is 17.2 Å². The number of Topliss-reactive ketones (excluding diaryl/α,β-unsaturated/α-hetero) is 1. The Morgan fingerprint density at radius 3 is 2.76 bits per heavy atom. The minimum atomic E-state index is 0.0117. The predicted molar refractivity (Wildman–Crippen MR) is 137 cm³/mol. The Morgan fingerprint density at radius 1 is 1.09 bits per heavy atom. The van der Waals surface area contributed by atoms with Crippen molar-refractivity contribution in [3.05, 3.63) is 70.9 Å². The number of phenols is 1. The number of unbranched alkanes of at least 4 members (excludes halogenated alkanes) is 2. The second kappa shape index (κ2) is 10.7. The smallest absolute Gasteiger partial charge is 0.173 e. The van der Waals surface area contributed by atoms with E-state index in [2.05, 4.69) is 47.7 Å². The van der Waals surface area contributed by atoms with Crippen LogP contribution in [0.4, 0.5) is 22.9 Å². The van der Waals surface area contributed by atoms with Gasteiger partial charge in [-0.2, -0.15) is 0 Å². The molecule has 0 fully saturated rings. The van der Waals surface area contributed by atoms with E-state index in [1.54, 1.807) is 24.4 Å². The largest absolute Gasteiger partial charge is 0.508 e. The number of benzene rings is 2. The number of anilines is 4. The summed E-state index contributed by atoms with van der Waals surface area (Å²) >= 11 is 0. The Labute approximate surface area is 201 Å². The van der Waals surface area contributed by atoms with Crippen LogP contribution in [0.5, 0.6) is 5.75 Å². The Balaban J connectivity index is 1.48. The van der Waals surface area contributed by atoms with Crippen molar-refractivity contribution in [3.8, 4) is 5.75 Å². The number of fused-ring (bicyclic) bond motifs is 2. The SMILES string of the molecule is Cc1ccc(O)cc1Nc1ccnc2c1C(=O)Cc1cc(CCCCCOC(C)C)ccc1N2. The van der Waals surface area contributed by atoms with Crippen LogP contribution >= 0.6 is 0 Å². The van der Waals surface area contributed by atoms with Gasteiger partial charge in [-0.3, -0.25) is 4.79 Å². The van der Waals surface area contributed by atoms with Crippen LogP contribution < -0.4 is 10.6 Å². The van der Waals surface area contributed by atoms with Gasteiger partial charge in [0.2, 0.25) is 0 Å². The lowest BCUT2D eigenvalue weighted by Crippen LogP contribution is -2.08. The zero-order valence-corrected chi connectivity index (χ0v) is 20.1. The van der Waals surface area contributed by atoms with Gasteiger partial charge < -0.3 is 20.5 Å². The van der Waals surface area contributed by atoms with E-state index < -0.39 is 0 Å². The van der Waals surface area contributed by atoms with E-state index in [9.17, 15) is 9.90 Å². The fourth-order valence-corrected chi connectivity index (χ4v) is 4.22. The first-order valence-electron chi connectivity index (χ1n) is 12.0. The lowest BCUT2D eigenvalue weighted by atomic mass is 9.99. The molecule has 1 aromatic heterocycles. The molecule has 1 aliphatic heterocycles. The molecule has 0 aliphatic carbocycles. The van der Waals surface area contributed by atoms with Gasteiger partial charge in [0, 0.05) is 36.7 Å². The van der Waals surface area contributed by atoms with Crippen LogP contribution in [-0.2, 0) is 17.6 Å². The van der Waals surface area contributed by atoms with Crippen LogP contribution in [0.1, 0.15) is 60.2 Å². The third kappa shape index (κ3) is 5.75. The van der Waals surface area contributed by atoms with Crippen molar-refractivity contribution in [2.24, 2.45) is 0 Å². The molecule has 0 atom stereocenters. The highest BCUT2D eigenvalue weighted by molar-refractivity contribution is 6.09. The summed E-state index contributed by atoms with van der Waals surface area (Å²) in [5.41, 5.74) is 6.08. The second-order valence-electron chi connectivity index (χ2n) is 9.15. The molecule has 34 heavy (non-hydrogen) atoms. The summed E-state index contributed by atoms with van der Waals surface area (Å²) in [6, 6.07) is 13.3. The third-order valence-electron chi connectivity index (χ3n) is 6.06. The Hall–Kier alpha value is -3.38. The Morgan fingerprint density at radius 2 is 1.94 bits per heavy atom. The van der Waals surface area contributed by atoms with Crippen molar-refractivity contribution in [1.82, 2.24) is 4.98 Å². The molecule has 178 valence electrons. The number of ether oxygens (including phenoxy) is 1. The standard InChI is InChI=1S/C28H33N3O3/c1-18(2)34-14-6-4-5-7-20-9-11-23-21(15-20)16-26(33)27-24(12-13-29-28(27)31-23)30-25-17-22(32)10-8-19(25)3/h8-13,15,17-18,32H,4-7,14,16H2,1-3H3,(H2,29,30,31). The summed E-state index contributed by atoms with van der Waals surface area (Å²) < 4.78 is 5.62. The molecule has 6 heteroatoms. The summed E-state index contributed by atoms with van der Waals surface area (Å²) in [7, 11) is 0. The Kier molecular flexibility index (Phi) is 7.48. The maximum Gasteiger partial charge on any atom is 0.173 e. The molecule has 0 saturated carbocycles.